The van der Waals surface area contributed by atoms with Crippen molar-refractivity contribution in [2.24, 2.45) is 0 Å². The van der Waals surface area contributed by atoms with Crippen molar-refractivity contribution in [2.45, 2.75) is 43.9 Å². The van der Waals surface area contributed by atoms with E-state index in [1.165, 1.54) is 36.2 Å². The zero-order chi connectivity index (χ0) is 15.0. The molecule has 0 spiro atoms. The molecule has 5 heteroatoms. The molecule has 0 saturated heterocycles. The maximum atomic E-state index is 12.1. The number of rotatable bonds is 9. The second-order valence-corrected chi connectivity index (χ2v) is 7.05. The molecule has 1 aromatic rings. The summed E-state index contributed by atoms with van der Waals surface area (Å²) in [7, 11) is -2.00. The van der Waals surface area contributed by atoms with Crippen LogP contribution in [-0.4, -0.2) is 38.0 Å². The van der Waals surface area contributed by atoms with Gasteiger partial charge in [0.15, 0.2) is 0 Å². The zero-order valence-electron chi connectivity index (χ0n) is 12.4. The number of hydrogen-bond acceptors (Lipinski definition) is 3. The number of hydrogen-bond donors (Lipinski definition) is 1. The number of sulfonamides is 1. The molecule has 0 aliphatic carbocycles. The number of aliphatic hydroxyl groups excluding tert-OH is 1. The highest BCUT2D eigenvalue weighted by molar-refractivity contribution is 7.89. The maximum Gasteiger partial charge on any atom is 0.242 e. The van der Waals surface area contributed by atoms with Gasteiger partial charge >= 0.3 is 0 Å². The van der Waals surface area contributed by atoms with Crippen LogP contribution in [0.4, 0.5) is 0 Å². The van der Waals surface area contributed by atoms with E-state index >= 15 is 0 Å². The molecule has 0 fully saturated rings. The fourth-order valence-corrected chi connectivity index (χ4v) is 3.19. The molecule has 114 valence electrons. The topological polar surface area (TPSA) is 57.6 Å². The summed E-state index contributed by atoms with van der Waals surface area (Å²) in [5.41, 5.74) is 1.17. The van der Waals surface area contributed by atoms with Crippen LogP contribution in [0.3, 0.4) is 0 Å². The van der Waals surface area contributed by atoms with E-state index in [1.807, 2.05) is 12.1 Å². The van der Waals surface area contributed by atoms with Crippen molar-refractivity contribution in [1.82, 2.24) is 4.31 Å². The summed E-state index contributed by atoms with van der Waals surface area (Å²) in [6.45, 7) is 2.12. The normalized spacial score (nSPS) is 12.0. The Balaban J connectivity index is 2.66. The molecule has 0 saturated carbocycles. The van der Waals surface area contributed by atoms with Gasteiger partial charge in [0.1, 0.15) is 0 Å². The lowest BCUT2D eigenvalue weighted by Crippen LogP contribution is -2.29. The van der Waals surface area contributed by atoms with Crippen LogP contribution in [0.5, 0.6) is 0 Å². The minimum atomic E-state index is -3.47. The SMILES string of the molecule is CCCCCCc1ccc(S(=O)(=O)N(C)CCO)cc1. The Kier molecular flexibility index (Phi) is 7.19. The molecule has 0 bridgehead atoms. The van der Waals surface area contributed by atoms with Gasteiger partial charge in [-0.3, -0.25) is 0 Å². The smallest absolute Gasteiger partial charge is 0.242 e. The van der Waals surface area contributed by atoms with Crippen molar-refractivity contribution < 1.29 is 13.5 Å². The average Bonchev–Trinajstić information content (AvgIpc) is 2.44. The van der Waals surface area contributed by atoms with Crippen LogP contribution in [0.15, 0.2) is 29.2 Å². The summed E-state index contributed by atoms with van der Waals surface area (Å²) >= 11 is 0. The molecule has 0 heterocycles. The third-order valence-electron chi connectivity index (χ3n) is 3.37. The van der Waals surface area contributed by atoms with Gasteiger partial charge in [0.25, 0.3) is 0 Å². The van der Waals surface area contributed by atoms with E-state index in [0.29, 0.717) is 0 Å². The molecule has 0 aliphatic heterocycles. The summed E-state index contributed by atoms with van der Waals surface area (Å²) < 4.78 is 25.5. The molecule has 0 unspecified atom stereocenters. The minimum Gasteiger partial charge on any atom is -0.395 e. The molecule has 20 heavy (non-hydrogen) atoms. The first-order valence-electron chi connectivity index (χ1n) is 7.18. The van der Waals surface area contributed by atoms with Gasteiger partial charge in [-0.15, -0.1) is 0 Å². The summed E-state index contributed by atoms with van der Waals surface area (Å²) in [6, 6.07) is 7.06. The molecule has 0 radical (unpaired) electrons. The van der Waals surface area contributed by atoms with Crippen LogP contribution in [0.25, 0.3) is 0 Å². The maximum absolute atomic E-state index is 12.1. The highest BCUT2D eigenvalue weighted by atomic mass is 32.2. The van der Waals surface area contributed by atoms with Crippen molar-refractivity contribution in [3.63, 3.8) is 0 Å². The Morgan fingerprint density at radius 1 is 1.10 bits per heavy atom. The van der Waals surface area contributed by atoms with Gasteiger partial charge in [-0.2, -0.15) is 4.31 Å². The fraction of sp³-hybridized carbons (Fsp3) is 0.600. The van der Waals surface area contributed by atoms with E-state index in [9.17, 15) is 8.42 Å². The van der Waals surface area contributed by atoms with Crippen molar-refractivity contribution in [3.8, 4) is 0 Å². The van der Waals surface area contributed by atoms with Gasteiger partial charge in [-0.1, -0.05) is 38.3 Å². The van der Waals surface area contributed by atoms with Gasteiger partial charge in [0.2, 0.25) is 10.0 Å². The standard InChI is InChI=1S/C15H25NO3S/c1-3-4-5-6-7-14-8-10-15(11-9-14)20(18,19)16(2)12-13-17/h8-11,17H,3-7,12-13H2,1-2H3. The van der Waals surface area contributed by atoms with Gasteiger partial charge in [0.05, 0.1) is 11.5 Å². The molecule has 0 aromatic heterocycles. The Morgan fingerprint density at radius 2 is 1.75 bits per heavy atom. The van der Waals surface area contributed by atoms with Crippen molar-refractivity contribution in [1.29, 1.82) is 0 Å². The summed E-state index contributed by atoms with van der Waals surface area (Å²) in [4.78, 5) is 0.283. The molecular formula is C15H25NO3S. The fourth-order valence-electron chi connectivity index (χ4n) is 2.02. The third-order valence-corrected chi connectivity index (χ3v) is 5.24. The first-order chi connectivity index (χ1) is 9.52. The van der Waals surface area contributed by atoms with Gasteiger partial charge in [0, 0.05) is 13.6 Å². The predicted molar refractivity (Wildman–Crippen MR) is 81.2 cm³/mol. The summed E-state index contributed by atoms with van der Waals surface area (Å²) in [5.74, 6) is 0. The number of aryl methyl sites for hydroxylation is 1. The Labute approximate surface area is 122 Å². The summed E-state index contributed by atoms with van der Waals surface area (Å²) in [5, 5.41) is 8.83. The quantitative estimate of drug-likeness (QED) is 0.712. The minimum absolute atomic E-state index is 0.112. The van der Waals surface area contributed by atoms with E-state index in [0.717, 1.165) is 12.8 Å². The molecular weight excluding hydrogens is 274 g/mol. The number of nitrogens with zero attached hydrogens (tertiary/aromatic N) is 1. The van der Waals surface area contributed by atoms with Crippen LogP contribution in [-0.2, 0) is 16.4 Å². The largest absolute Gasteiger partial charge is 0.395 e. The van der Waals surface area contributed by atoms with Crippen LogP contribution >= 0.6 is 0 Å². The lowest BCUT2D eigenvalue weighted by molar-refractivity contribution is 0.266. The lowest BCUT2D eigenvalue weighted by Gasteiger charge is -2.16. The number of likely N-dealkylation sites (N-methyl/N-ethyl adjacent to an activating group) is 1. The van der Waals surface area contributed by atoms with Crippen LogP contribution in [0.2, 0.25) is 0 Å². The monoisotopic (exact) mass is 299 g/mol. The second kappa shape index (κ2) is 8.39. The zero-order valence-corrected chi connectivity index (χ0v) is 13.2. The van der Waals surface area contributed by atoms with Crippen LogP contribution in [0, 0.1) is 0 Å². The molecule has 0 aliphatic rings. The Hall–Kier alpha value is -0.910. The van der Waals surface area contributed by atoms with Crippen LogP contribution in [0.1, 0.15) is 38.2 Å². The predicted octanol–water partition coefficient (Wildman–Crippen LogP) is 2.42. The van der Waals surface area contributed by atoms with E-state index in [2.05, 4.69) is 6.92 Å². The second-order valence-electron chi connectivity index (χ2n) is 5.00. The van der Waals surface area contributed by atoms with Crippen molar-refractivity contribution >= 4 is 10.0 Å². The van der Waals surface area contributed by atoms with E-state index in [-0.39, 0.29) is 18.0 Å². The van der Waals surface area contributed by atoms with Crippen LogP contribution < -0.4 is 0 Å². The average molecular weight is 299 g/mol. The first-order valence-corrected chi connectivity index (χ1v) is 8.62. The number of unbranched alkanes of at least 4 members (excludes halogenated alkanes) is 3. The molecule has 4 nitrogen and oxygen atoms in total. The van der Waals surface area contributed by atoms with E-state index in [1.54, 1.807) is 12.1 Å². The molecule has 0 amide bonds. The molecule has 1 rings (SSSR count). The van der Waals surface area contributed by atoms with Gasteiger partial charge < -0.3 is 5.11 Å². The van der Waals surface area contributed by atoms with E-state index in [4.69, 9.17) is 5.11 Å². The molecule has 1 N–H and O–H groups in total. The lowest BCUT2D eigenvalue weighted by atomic mass is 10.1. The number of aliphatic hydroxyl groups is 1. The van der Waals surface area contributed by atoms with Crippen molar-refractivity contribution in [3.05, 3.63) is 29.8 Å². The van der Waals surface area contributed by atoms with Crippen molar-refractivity contribution in [2.75, 3.05) is 20.2 Å². The molecule has 0 atom stereocenters. The Bertz CT molecular complexity index is 482. The summed E-state index contributed by atoms with van der Waals surface area (Å²) in [6.07, 6.45) is 5.82. The van der Waals surface area contributed by atoms with Gasteiger partial charge in [-0.05, 0) is 30.5 Å². The highest BCUT2D eigenvalue weighted by Crippen LogP contribution is 2.16. The number of benzene rings is 1. The highest BCUT2D eigenvalue weighted by Gasteiger charge is 2.19. The van der Waals surface area contributed by atoms with Gasteiger partial charge in [-0.25, -0.2) is 8.42 Å². The Morgan fingerprint density at radius 3 is 2.30 bits per heavy atom. The molecule has 1 aromatic carbocycles. The van der Waals surface area contributed by atoms with E-state index < -0.39 is 10.0 Å². The first kappa shape index (κ1) is 17.1. The third kappa shape index (κ3) is 4.89.